The average Bonchev–Trinajstić information content (AvgIpc) is 2.94. The molecule has 9 nitrogen and oxygen atoms in total. The minimum Gasteiger partial charge on any atom is -0.492 e. The zero-order chi connectivity index (χ0) is 27.6. The number of nitriles is 1. The van der Waals surface area contributed by atoms with Crippen LogP contribution in [0, 0.1) is 11.3 Å². The molecule has 2 heterocycles. The highest BCUT2D eigenvalue weighted by atomic mass is 16.5. The molecule has 0 saturated heterocycles. The molecule has 9 heteroatoms. The van der Waals surface area contributed by atoms with Gasteiger partial charge in [-0.2, -0.15) is 5.26 Å². The lowest BCUT2D eigenvalue weighted by Gasteiger charge is -2.17. The first-order valence-electron chi connectivity index (χ1n) is 12.9. The highest BCUT2D eigenvalue weighted by molar-refractivity contribution is 6.02. The molecule has 0 aliphatic carbocycles. The first-order valence-corrected chi connectivity index (χ1v) is 12.9. The lowest BCUT2D eigenvalue weighted by Crippen LogP contribution is -2.17. The van der Waals surface area contributed by atoms with E-state index >= 15 is 0 Å². The number of hydrogen-bond acceptors (Lipinski definition) is 8. The van der Waals surface area contributed by atoms with Crippen molar-refractivity contribution in [2.45, 2.75) is 26.3 Å². The van der Waals surface area contributed by atoms with Crippen LogP contribution in [0.4, 0.5) is 22.7 Å². The smallest absolute Gasteiger partial charge is 0.224 e. The standard InChI is InChI=1S/C30H33N7O2/c1-4-39-28-17-26-25(16-27(28)36-29(38)9-7-15-37(2)3)30(21(18-31)19-34-26)35-23-12-10-22(11-13-23)33-20-24-8-5-6-14-32-24/h5-6,8,10-14,16-17,19,33H,4,7,9,15,20H2,1-3H3,(H,34,35)(H,36,38). The summed E-state index contributed by atoms with van der Waals surface area (Å²) in [4.78, 5) is 23.5. The molecule has 3 N–H and O–H groups in total. The molecule has 0 atom stereocenters. The molecule has 0 saturated carbocycles. The normalized spacial score (nSPS) is 10.7. The van der Waals surface area contributed by atoms with Crippen LogP contribution in [0.25, 0.3) is 10.9 Å². The Morgan fingerprint density at radius 3 is 2.56 bits per heavy atom. The Labute approximate surface area is 228 Å². The number of carbonyl (C=O) groups is 1. The summed E-state index contributed by atoms with van der Waals surface area (Å²) in [7, 11) is 3.96. The van der Waals surface area contributed by atoms with Gasteiger partial charge in [0.1, 0.15) is 11.8 Å². The van der Waals surface area contributed by atoms with Crippen molar-refractivity contribution in [1.82, 2.24) is 14.9 Å². The van der Waals surface area contributed by atoms with Crippen molar-refractivity contribution in [1.29, 1.82) is 5.26 Å². The molecule has 0 fully saturated rings. The van der Waals surface area contributed by atoms with E-state index in [2.05, 4.69) is 32.0 Å². The van der Waals surface area contributed by atoms with Gasteiger partial charge < -0.3 is 25.6 Å². The number of nitrogens with zero attached hydrogens (tertiary/aromatic N) is 4. The van der Waals surface area contributed by atoms with Crippen molar-refractivity contribution in [3.05, 3.63) is 78.2 Å². The zero-order valence-corrected chi connectivity index (χ0v) is 22.5. The summed E-state index contributed by atoms with van der Waals surface area (Å²) in [6, 6.07) is 19.5. The van der Waals surface area contributed by atoms with Crippen LogP contribution in [0.15, 0.2) is 67.0 Å². The number of nitrogens with one attached hydrogen (secondary N) is 3. The van der Waals surface area contributed by atoms with Crippen LogP contribution in [0.1, 0.15) is 31.0 Å². The Morgan fingerprint density at radius 1 is 1.08 bits per heavy atom. The highest BCUT2D eigenvalue weighted by Gasteiger charge is 2.16. The topological polar surface area (TPSA) is 115 Å². The van der Waals surface area contributed by atoms with Gasteiger partial charge in [-0.1, -0.05) is 6.07 Å². The summed E-state index contributed by atoms with van der Waals surface area (Å²) in [5.74, 6) is 0.447. The number of fused-ring (bicyclic) bond motifs is 1. The Balaban J connectivity index is 1.58. The maximum Gasteiger partial charge on any atom is 0.224 e. The van der Waals surface area contributed by atoms with Gasteiger partial charge in [-0.3, -0.25) is 14.8 Å². The van der Waals surface area contributed by atoms with Crippen LogP contribution in [-0.2, 0) is 11.3 Å². The van der Waals surface area contributed by atoms with Crippen molar-refractivity contribution in [2.24, 2.45) is 0 Å². The molecule has 0 bridgehead atoms. The molecule has 0 spiro atoms. The van der Waals surface area contributed by atoms with Gasteiger partial charge in [0.15, 0.2) is 0 Å². The number of aromatic nitrogens is 2. The lowest BCUT2D eigenvalue weighted by molar-refractivity contribution is -0.116. The van der Waals surface area contributed by atoms with Crippen molar-refractivity contribution < 1.29 is 9.53 Å². The first kappa shape index (κ1) is 27.4. The summed E-state index contributed by atoms with van der Waals surface area (Å²) in [6.45, 7) is 3.77. The Bertz CT molecular complexity index is 1450. The third-order valence-electron chi connectivity index (χ3n) is 6.03. The fourth-order valence-corrected chi connectivity index (χ4v) is 4.09. The third-order valence-corrected chi connectivity index (χ3v) is 6.03. The summed E-state index contributed by atoms with van der Waals surface area (Å²) < 4.78 is 5.81. The SMILES string of the molecule is CCOc1cc2ncc(C#N)c(Nc3ccc(NCc4ccccn4)cc3)c2cc1NC(=O)CCCN(C)C. The number of hydrogen-bond donors (Lipinski definition) is 3. The van der Waals surface area contributed by atoms with E-state index in [1.165, 1.54) is 0 Å². The molecule has 4 rings (SSSR count). The van der Waals surface area contributed by atoms with Gasteiger partial charge in [0.2, 0.25) is 5.91 Å². The minimum absolute atomic E-state index is 0.0927. The summed E-state index contributed by atoms with van der Waals surface area (Å²) in [6.07, 6.45) is 4.46. The second kappa shape index (κ2) is 13.2. The van der Waals surface area contributed by atoms with E-state index in [4.69, 9.17) is 4.74 Å². The van der Waals surface area contributed by atoms with E-state index in [0.717, 1.165) is 30.0 Å². The molecule has 0 radical (unpaired) electrons. The van der Waals surface area contributed by atoms with Crippen LogP contribution in [-0.4, -0.2) is 48.0 Å². The van der Waals surface area contributed by atoms with E-state index in [1.54, 1.807) is 18.5 Å². The second-order valence-electron chi connectivity index (χ2n) is 9.29. The zero-order valence-electron chi connectivity index (χ0n) is 22.5. The van der Waals surface area contributed by atoms with Crippen LogP contribution in [0.5, 0.6) is 5.75 Å². The van der Waals surface area contributed by atoms with Gasteiger partial charge in [-0.05, 0) is 76.4 Å². The molecule has 2 aromatic heterocycles. The fraction of sp³-hybridized carbons (Fsp3) is 0.267. The van der Waals surface area contributed by atoms with Gasteiger partial charge in [0.25, 0.3) is 0 Å². The minimum atomic E-state index is -0.0927. The number of benzene rings is 2. The van der Waals surface area contributed by atoms with E-state index in [1.807, 2.05) is 74.4 Å². The number of amides is 1. The molecule has 0 unspecified atom stereocenters. The largest absolute Gasteiger partial charge is 0.492 e. The number of rotatable bonds is 12. The number of ether oxygens (including phenoxy) is 1. The van der Waals surface area contributed by atoms with Crippen molar-refractivity contribution >= 4 is 39.6 Å². The molecule has 200 valence electrons. The number of pyridine rings is 2. The Kier molecular flexibility index (Phi) is 9.27. The highest BCUT2D eigenvalue weighted by Crippen LogP contribution is 2.36. The fourth-order valence-electron chi connectivity index (χ4n) is 4.09. The quantitative estimate of drug-likeness (QED) is 0.222. The van der Waals surface area contributed by atoms with Gasteiger partial charge in [-0.15, -0.1) is 0 Å². The van der Waals surface area contributed by atoms with Crippen LogP contribution < -0.4 is 20.7 Å². The van der Waals surface area contributed by atoms with Crippen molar-refractivity contribution in [3.8, 4) is 11.8 Å². The van der Waals surface area contributed by atoms with E-state index in [0.29, 0.717) is 53.2 Å². The Morgan fingerprint density at radius 2 is 1.87 bits per heavy atom. The maximum absolute atomic E-state index is 12.7. The van der Waals surface area contributed by atoms with Crippen molar-refractivity contribution in [2.75, 3.05) is 43.2 Å². The predicted octanol–water partition coefficient (Wildman–Crippen LogP) is 5.54. The maximum atomic E-state index is 12.7. The second-order valence-corrected chi connectivity index (χ2v) is 9.29. The number of carbonyl (C=O) groups excluding carboxylic acids is 1. The van der Waals surface area contributed by atoms with Crippen molar-refractivity contribution in [3.63, 3.8) is 0 Å². The third kappa shape index (κ3) is 7.43. The van der Waals surface area contributed by atoms with Crippen LogP contribution in [0.3, 0.4) is 0 Å². The molecule has 0 aliphatic rings. The van der Waals surface area contributed by atoms with Gasteiger partial charge in [0.05, 0.1) is 41.3 Å². The molecule has 39 heavy (non-hydrogen) atoms. The molecular formula is C30H33N7O2. The Hall–Kier alpha value is -4.68. The molecule has 4 aromatic rings. The average molecular weight is 524 g/mol. The number of anilines is 4. The summed E-state index contributed by atoms with van der Waals surface area (Å²) in [5.41, 5.74) is 4.92. The van der Waals surface area contributed by atoms with Crippen LogP contribution in [0.2, 0.25) is 0 Å². The molecule has 1 amide bonds. The first-order chi connectivity index (χ1) is 19.0. The molecule has 2 aromatic carbocycles. The summed E-state index contributed by atoms with van der Waals surface area (Å²) >= 11 is 0. The van der Waals surface area contributed by atoms with E-state index in [9.17, 15) is 10.1 Å². The van der Waals surface area contributed by atoms with Crippen LogP contribution >= 0.6 is 0 Å². The van der Waals surface area contributed by atoms with Gasteiger partial charge in [0, 0.05) is 41.6 Å². The predicted molar refractivity (Wildman–Crippen MR) is 155 cm³/mol. The monoisotopic (exact) mass is 523 g/mol. The van der Waals surface area contributed by atoms with Gasteiger partial charge >= 0.3 is 0 Å². The van der Waals surface area contributed by atoms with E-state index in [-0.39, 0.29) is 5.91 Å². The van der Waals surface area contributed by atoms with Gasteiger partial charge in [-0.25, -0.2) is 0 Å². The summed E-state index contributed by atoms with van der Waals surface area (Å²) in [5, 5.41) is 20.3. The molecular weight excluding hydrogens is 490 g/mol. The lowest BCUT2D eigenvalue weighted by atomic mass is 10.1. The van der Waals surface area contributed by atoms with E-state index < -0.39 is 0 Å². The molecule has 0 aliphatic heterocycles.